The summed E-state index contributed by atoms with van der Waals surface area (Å²) < 4.78 is 1.81. The molecule has 1 amide bonds. The topological polar surface area (TPSA) is 38.1 Å². The van der Waals surface area contributed by atoms with Gasteiger partial charge in [-0.05, 0) is 38.2 Å². The zero-order valence-corrected chi connectivity index (χ0v) is 12.5. The van der Waals surface area contributed by atoms with Crippen LogP contribution in [0.3, 0.4) is 0 Å². The lowest BCUT2D eigenvalue weighted by Crippen LogP contribution is -2.41. The molecule has 1 saturated heterocycles. The monoisotopic (exact) mass is 283 g/mol. The molecule has 5 heteroatoms. The highest BCUT2D eigenvalue weighted by Gasteiger charge is 2.26. The number of amides is 1. The fourth-order valence-electron chi connectivity index (χ4n) is 2.59. The van der Waals surface area contributed by atoms with Crippen LogP contribution < -0.4 is 0 Å². The van der Waals surface area contributed by atoms with Gasteiger partial charge in [0.1, 0.15) is 5.69 Å². The molecule has 106 valence electrons. The molecule has 0 aliphatic carbocycles. The Morgan fingerprint density at radius 3 is 2.95 bits per heavy atom. The van der Waals surface area contributed by atoms with Crippen LogP contribution in [0.25, 0.3) is 0 Å². The summed E-state index contributed by atoms with van der Waals surface area (Å²) in [5.41, 5.74) is 1.70. The smallest absolute Gasteiger partial charge is 0.272 e. The summed E-state index contributed by atoms with van der Waals surface area (Å²) in [5, 5.41) is 4.45. The zero-order valence-electron chi connectivity index (χ0n) is 11.7. The highest BCUT2D eigenvalue weighted by Crippen LogP contribution is 2.20. The zero-order chi connectivity index (χ0) is 13.8. The van der Waals surface area contributed by atoms with E-state index in [0.717, 1.165) is 50.3 Å². The molecule has 4 nitrogen and oxygen atoms in total. The normalized spacial score (nSPS) is 19.7. The molecule has 0 N–H and O–H groups in total. The molecule has 0 radical (unpaired) electrons. The highest BCUT2D eigenvalue weighted by molar-refractivity contribution is 6.18. The Morgan fingerprint density at radius 2 is 2.32 bits per heavy atom. The van der Waals surface area contributed by atoms with Gasteiger partial charge in [0.2, 0.25) is 0 Å². The van der Waals surface area contributed by atoms with Gasteiger partial charge in [0, 0.05) is 25.5 Å². The minimum Gasteiger partial charge on any atom is -0.337 e. The second kappa shape index (κ2) is 6.42. The molecule has 1 unspecified atom stereocenters. The van der Waals surface area contributed by atoms with Crippen molar-refractivity contribution in [2.75, 3.05) is 19.0 Å². The van der Waals surface area contributed by atoms with Crippen LogP contribution in [0.4, 0.5) is 0 Å². The van der Waals surface area contributed by atoms with Crippen LogP contribution in [-0.4, -0.2) is 39.6 Å². The second-order valence-electron chi connectivity index (χ2n) is 5.10. The van der Waals surface area contributed by atoms with E-state index in [0.29, 0.717) is 11.8 Å². The number of aryl methyl sites for hydroxylation is 2. The molecule has 0 spiro atoms. The predicted molar refractivity (Wildman–Crippen MR) is 76.6 cm³/mol. The average Bonchev–Trinajstić information content (AvgIpc) is 2.89. The number of hydrogen-bond donors (Lipinski definition) is 0. The number of carbonyl (C=O) groups excluding carboxylic acids is 1. The van der Waals surface area contributed by atoms with Crippen molar-refractivity contribution in [3.05, 3.63) is 17.5 Å². The first-order valence-electron chi connectivity index (χ1n) is 7.11. The Labute approximate surface area is 119 Å². The van der Waals surface area contributed by atoms with E-state index < -0.39 is 0 Å². The SMILES string of the molecule is CCc1cc(C(=O)N2CCCC(CCl)C2)n(CC)n1. The van der Waals surface area contributed by atoms with Crippen molar-refractivity contribution in [2.24, 2.45) is 5.92 Å². The van der Waals surface area contributed by atoms with Gasteiger partial charge in [0.25, 0.3) is 5.91 Å². The van der Waals surface area contributed by atoms with E-state index in [4.69, 9.17) is 11.6 Å². The van der Waals surface area contributed by atoms with Gasteiger partial charge in [-0.1, -0.05) is 6.92 Å². The lowest BCUT2D eigenvalue weighted by Gasteiger charge is -2.31. The van der Waals surface area contributed by atoms with Gasteiger partial charge < -0.3 is 4.90 Å². The molecule has 1 atom stereocenters. The van der Waals surface area contributed by atoms with Crippen LogP contribution in [0.1, 0.15) is 42.9 Å². The van der Waals surface area contributed by atoms with Gasteiger partial charge in [0.05, 0.1) is 5.69 Å². The van der Waals surface area contributed by atoms with E-state index in [9.17, 15) is 4.79 Å². The first-order valence-corrected chi connectivity index (χ1v) is 7.65. The number of carbonyl (C=O) groups is 1. The van der Waals surface area contributed by atoms with Crippen LogP contribution >= 0.6 is 11.6 Å². The fraction of sp³-hybridized carbons (Fsp3) is 0.714. The van der Waals surface area contributed by atoms with Crippen LogP contribution in [0.15, 0.2) is 6.07 Å². The third kappa shape index (κ3) is 3.11. The number of hydrogen-bond acceptors (Lipinski definition) is 2. The van der Waals surface area contributed by atoms with Gasteiger partial charge in [-0.15, -0.1) is 11.6 Å². The maximum atomic E-state index is 12.6. The Kier molecular flexibility index (Phi) is 4.86. The van der Waals surface area contributed by atoms with E-state index in [1.807, 2.05) is 22.6 Å². The van der Waals surface area contributed by atoms with Gasteiger partial charge in [-0.2, -0.15) is 5.10 Å². The molecule has 2 rings (SSSR count). The van der Waals surface area contributed by atoms with E-state index >= 15 is 0 Å². The van der Waals surface area contributed by atoms with Crippen molar-refractivity contribution in [3.8, 4) is 0 Å². The minimum atomic E-state index is 0.101. The molecular weight excluding hydrogens is 262 g/mol. The minimum absolute atomic E-state index is 0.101. The summed E-state index contributed by atoms with van der Waals surface area (Å²) in [5.74, 6) is 1.17. The Morgan fingerprint density at radius 1 is 1.53 bits per heavy atom. The molecule has 0 bridgehead atoms. The van der Waals surface area contributed by atoms with Crippen LogP contribution in [0.5, 0.6) is 0 Å². The lowest BCUT2D eigenvalue weighted by atomic mass is 10.00. The molecular formula is C14H22ClN3O. The number of piperidine rings is 1. The third-order valence-electron chi connectivity index (χ3n) is 3.74. The van der Waals surface area contributed by atoms with Crippen molar-refractivity contribution in [1.29, 1.82) is 0 Å². The average molecular weight is 284 g/mol. The molecule has 2 heterocycles. The number of aromatic nitrogens is 2. The fourth-order valence-corrected chi connectivity index (χ4v) is 2.85. The van der Waals surface area contributed by atoms with Crippen LogP contribution in [0, 0.1) is 5.92 Å². The molecule has 0 saturated carbocycles. The predicted octanol–water partition coefficient (Wildman–Crippen LogP) is 2.56. The summed E-state index contributed by atoms with van der Waals surface area (Å²) in [7, 11) is 0. The lowest BCUT2D eigenvalue weighted by molar-refractivity contribution is 0.0672. The molecule has 1 aliphatic heterocycles. The first-order chi connectivity index (χ1) is 9.19. The van der Waals surface area contributed by atoms with Crippen molar-refractivity contribution in [2.45, 2.75) is 39.7 Å². The van der Waals surface area contributed by atoms with Crippen molar-refractivity contribution < 1.29 is 4.79 Å². The second-order valence-corrected chi connectivity index (χ2v) is 5.41. The number of alkyl halides is 1. The number of halogens is 1. The highest BCUT2D eigenvalue weighted by atomic mass is 35.5. The van der Waals surface area contributed by atoms with E-state index in [2.05, 4.69) is 12.0 Å². The summed E-state index contributed by atoms with van der Waals surface area (Å²) in [6.07, 6.45) is 3.03. The summed E-state index contributed by atoms with van der Waals surface area (Å²) in [6.45, 7) is 6.41. The Hall–Kier alpha value is -1.03. The maximum Gasteiger partial charge on any atom is 0.272 e. The maximum absolute atomic E-state index is 12.6. The van der Waals surface area contributed by atoms with Gasteiger partial charge in [-0.3, -0.25) is 9.48 Å². The number of likely N-dealkylation sites (tertiary alicyclic amines) is 1. The molecule has 1 aliphatic rings. The van der Waals surface area contributed by atoms with Crippen molar-refractivity contribution >= 4 is 17.5 Å². The van der Waals surface area contributed by atoms with Crippen LogP contribution in [0.2, 0.25) is 0 Å². The molecule has 1 fully saturated rings. The summed E-state index contributed by atoms with van der Waals surface area (Å²) in [4.78, 5) is 14.5. The van der Waals surface area contributed by atoms with E-state index in [1.165, 1.54) is 0 Å². The third-order valence-corrected chi connectivity index (χ3v) is 4.17. The standard InChI is InChI=1S/C14H22ClN3O/c1-3-12-8-13(18(4-2)16-12)14(19)17-7-5-6-11(9-15)10-17/h8,11H,3-7,9-10H2,1-2H3. The molecule has 19 heavy (non-hydrogen) atoms. The Balaban J connectivity index is 2.16. The molecule has 1 aromatic rings. The number of nitrogens with zero attached hydrogens (tertiary/aromatic N) is 3. The van der Waals surface area contributed by atoms with E-state index in [-0.39, 0.29) is 5.91 Å². The Bertz CT molecular complexity index is 444. The quantitative estimate of drug-likeness (QED) is 0.797. The van der Waals surface area contributed by atoms with Crippen molar-refractivity contribution in [1.82, 2.24) is 14.7 Å². The first kappa shape index (κ1) is 14.4. The van der Waals surface area contributed by atoms with Gasteiger partial charge in [-0.25, -0.2) is 0 Å². The van der Waals surface area contributed by atoms with Gasteiger partial charge in [0.15, 0.2) is 0 Å². The molecule has 1 aromatic heterocycles. The largest absolute Gasteiger partial charge is 0.337 e. The van der Waals surface area contributed by atoms with E-state index in [1.54, 1.807) is 0 Å². The molecule has 0 aromatic carbocycles. The number of rotatable bonds is 4. The van der Waals surface area contributed by atoms with Crippen molar-refractivity contribution in [3.63, 3.8) is 0 Å². The van der Waals surface area contributed by atoms with Crippen LogP contribution in [-0.2, 0) is 13.0 Å². The van der Waals surface area contributed by atoms with Gasteiger partial charge >= 0.3 is 0 Å². The summed E-state index contributed by atoms with van der Waals surface area (Å²) in [6, 6.07) is 1.93. The summed E-state index contributed by atoms with van der Waals surface area (Å²) >= 11 is 5.93.